The van der Waals surface area contributed by atoms with E-state index in [1.807, 2.05) is 32.0 Å². The number of aromatic amines is 1. The molecule has 7 nitrogen and oxygen atoms in total. The number of carbonyl (C=O) groups is 1. The van der Waals surface area contributed by atoms with E-state index < -0.39 is 0 Å². The molecule has 188 valence electrons. The molecule has 0 bridgehead atoms. The molecule has 7 heteroatoms. The van der Waals surface area contributed by atoms with E-state index in [-0.39, 0.29) is 6.03 Å². The van der Waals surface area contributed by atoms with Gasteiger partial charge in [0.05, 0.1) is 7.11 Å². The molecule has 35 heavy (non-hydrogen) atoms. The van der Waals surface area contributed by atoms with Crippen molar-refractivity contribution in [3.05, 3.63) is 54.2 Å². The van der Waals surface area contributed by atoms with Gasteiger partial charge in [-0.05, 0) is 87.7 Å². The third-order valence-corrected chi connectivity index (χ3v) is 6.93. The number of H-pyrrole nitrogens is 1. The Labute approximate surface area is 209 Å². The van der Waals surface area contributed by atoms with Gasteiger partial charge in [0.1, 0.15) is 5.75 Å². The largest absolute Gasteiger partial charge is 0.497 e. The van der Waals surface area contributed by atoms with Gasteiger partial charge < -0.3 is 19.9 Å². The number of hydrogen-bond donors (Lipinski definition) is 2. The molecule has 0 aliphatic carbocycles. The number of rotatable bonds is 10. The number of benzene rings is 2. The number of methoxy groups -OCH3 is 1. The van der Waals surface area contributed by atoms with E-state index in [2.05, 4.69) is 50.6 Å². The van der Waals surface area contributed by atoms with Crippen LogP contribution in [0.25, 0.3) is 10.9 Å². The third-order valence-electron chi connectivity index (χ3n) is 6.93. The highest BCUT2D eigenvalue weighted by atomic mass is 16.5. The first kappa shape index (κ1) is 24.9. The van der Waals surface area contributed by atoms with Gasteiger partial charge in [0.2, 0.25) is 0 Å². The smallest absolute Gasteiger partial charge is 0.321 e. The van der Waals surface area contributed by atoms with Gasteiger partial charge >= 0.3 is 6.03 Å². The summed E-state index contributed by atoms with van der Waals surface area (Å²) < 4.78 is 5.27. The molecule has 0 unspecified atom stereocenters. The standard InChI is InChI=1S/C28H39N5O2/c1-4-29-28(34)33(5-2)24-11-14-27-26(20-24)22(21-30-27)8-6-7-15-31-16-18-32(19-17-31)23-9-12-25(35-3)13-10-23/h9-14,20-21,30H,4-8,15-19H2,1-3H3,(H,29,34). The number of nitrogens with zero attached hydrogens (tertiary/aromatic N) is 3. The lowest BCUT2D eigenvalue weighted by Gasteiger charge is -2.36. The minimum absolute atomic E-state index is 0.0430. The Hall–Kier alpha value is -3.19. The number of aromatic nitrogens is 1. The molecular weight excluding hydrogens is 438 g/mol. The molecule has 2 heterocycles. The fourth-order valence-electron chi connectivity index (χ4n) is 4.90. The van der Waals surface area contributed by atoms with E-state index in [1.54, 1.807) is 12.0 Å². The zero-order valence-corrected chi connectivity index (χ0v) is 21.3. The Morgan fingerprint density at radius 2 is 1.83 bits per heavy atom. The maximum Gasteiger partial charge on any atom is 0.321 e. The average Bonchev–Trinajstić information content (AvgIpc) is 3.30. The van der Waals surface area contributed by atoms with Crippen LogP contribution in [0.15, 0.2) is 48.7 Å². The number of anilines is 2. The van der Waals surface area contributed by atoms with Crippen molar-refractivity contribution in [3.63, 3.8) is 0 Å². The number of ether oxygens (including phenoxy) is 1. The van der Waals surface area contributed by atoms with Crippen molar-refractivity contribution >= 4 is 28.3 Å². The minimum Gasteiger partial charge on any atom is -0.497 e. The second kappa shape index (κ2) is 12.0. The summed E-state index contributed by atoms with van der Waals surface area (Å²) in [5.41, 5.74) is 4.68. The Bertz CT molecular complexity index is 1090. The fraction of sp³-hybridized carbons (Fsp3) is 0.464. The molecule has 2 amide bonds. The number of carbonyl (C=O) groups excluding carboxylic acids is 1. The number of hydrogen-bond acceptors (Lipinski definition) is 4. The summed E-state index contributed by atoms with van der Waals surface area (Å²) in [6.45, 7) is 10.7. The van der Waals surface area contributed by atoms with E-state index in [9.17, 15) is 4.79 Å². The summed E-state index contributed by atoms with van der Waals surface area (Å²) in [5, 5.41) is 4.13. The Balaban J connectivity index is 1.26. The number of piperazine rings is 1. The molecular formula is C28H39N5O2. The predicted molar refractivity (Wildman–Crippen MR) is 145 cm³/mol. The molecule has 0 saturated carbocycles. The van der Waals surface area contributed by atoms with Crippen LogP contribution in [0.2, 0.25) is 0 Å². The molecule has 1 saturated heterocycles. The fourth-order valence-corrected chi connectivity index (χ4v) is 4.90. The molecule has 0 atom stereocenters. The Morgan fingerprint density at radius 3 is 2.51 bits per heavy atom. The van der Waals surface area contributed by atoms with Crippen molar-refractivity contribution in [3.8, 4) is 5.75 Å². The molecule has 0 radical (unpaired) electrons. The molecule has 4 rings (SSSR count). The van der Waals surface area contributed by atoms with E-state index in [4.69, 9.17) is 4.74 Å². The Kier molecular flexibility index (Phi) is 8.53. The zero-order valence-electron chi connectivity index (χ0n) is 21.3. The van der Waals surface area contributed by atoms with E-state index >= 15 is 0 Å². The normalized spacial score (nSPS) is 14.3. The molecule has 0 spiro atoms. The first-order valence-corrected chi connectivity index (χ1v) is 12.9. The van der Waals surface area contributed by atoms with Crippen LogP contribution in [0.3, 0.4) is 0 Å². The Morgan fingerprint density at radius 1 is 1.06 bits per heavy atom. The second-order valence-corrected chi connectivity index (χ2v) is 9.11. The van der Waals surface area contributed by atoms with Gasteiger partial charge in [0.15, 0.2) is 0 Å². The van der Waals surface area contributed by atoms with Crippen LogP contribution in [0.4, 0.5) is 16.2 Å². The van der Waals surface area contributed by atoms with Crippen molar-refractivity contribution in [1.82, 2.24) is 15.2 Å². The van der Waals surface area contributed by atoms with E-state index in [0.29, 0.717) is 13.1 Å². The SMILES string of the molecule is CCNC(=O)N(CC)c1ccc2[nH]cc(CCCCN3CCN(c4ccc(OC)cc4)CC3)c2c1. The molecule has 3 aromatic rings. The average molecular weight is 478 g/mol. The minimum atomic E-state index is -0.0430. The van der Waals surface area contributed by atoms with Gasteiger partial charge in [-0.15, -0.1) is 0 Å². The van der Waals surface area contributed by atoms with Crippen LogP contribution in [-0.4, -0.2) is 68.8 Å². The van der Waals surface area contributed by atoms with Crippen LogP contribution in [0.5, 0.6) is 5.75 Å². The maximum atomic E-state index is 12.4. The second-order valence-electron chi connectivity index (χ2n) is 9.11. The van der Waals surface area contributed by atoms with Crippen molar-refractivity contribution in [1.29, 1.82) is 0 Å². The third kappa shape index (κ3) is 6.09. The number of aryl methyl sites for hydroxylation is 1. The quantitative estimate of drug-likeness (QED) is 0.409. The molecule has 2 aromatic carbocycles. The summed E-state index contributed by atoms with van der Waals surface area (Å²) >= 11 is 0. The molecule has 1 aliphatic rings. The number of fused-ring (bicyclic) bond motifs is 1. The van der Waals surface area contributed by atoms with Crippen LogP contribution in [0, 0.1) is 0 Å². The monoisotopic (exact) mass is 477 g/mol. The van der Waals surface area contributed by atoms with E-state index in [0.717, 1.165) is 62.5 Å². The summed E-state index contributed by atoms with van der Waals surface area (Å²) in [6.07, 6.45) is 5.52. The highest BCUT2D eigenvalue weighted by Crippen LogP contribution is 2.26. The van der Waals surface area contributed by atoms with Crippen molar-refractivity contribution in [2.75, 3.05) is 62.7 Å². The number of unbranched alkanes of at least 4 members (excludes halogenated alkanes) is 1. The van der Waals surface area contributed by atoms with Crippen LogP contribution < -0.4 is 19.9 Å². The molecule has 1 aliphatic heterocycles. The number of amides is 2. The van der Waals surface area contributed by atoms with Crippen molar-refractivity contribution < 1.29 is 9.53 Å². The highest BCUT2D eigenvalue weighted by Gasteiger charge is 2.17. The van der Waals surface area contributed by atoms with Gasteiger partial charge in [-0.2, -0.15) is 0 Å². The summed E-state index contributed by atoms with van der Waals surface area (Å²) in [4.78, 5) is 22.7. The summed E-state index contributed by atoms with van der Waals surface area (Å²) in [7, 11) is 1.71. The van der Waals surface area contributed by atoms with Gasteiger partial charge in [0, 0.05) is 67.7 Å². The molecule has 1 aromatic heterocycles. The topological polar surface area (TPSA) is 63.8 Å². The van der Waals surface area contributed by atoms with Crippen LogP contribution >= 0.6 is 0 Å². The van der Waals surface area contributed by atoms with Crippen molar-refractivity contribution in [2.24, 2.45) is 0 Å². The first-order valence-electron chi connectivity index (χ1n) is 12.9. The summed E-state index contributed by atoms with van der Waals surface area (Å²) in [6, 6.07) is 14.6. The van der Waals surface area contributed by atoms with E-state index in [1.165, 1.54) is 23.1 Å². The first-order chi connectivity index (χ1) is 17.1. The molecule has 1 fully saturated rings. The van der Waals surface area contributed by atoms with Crippen LogP contribution in [-0.2, 0) is 6.42 Å². The maximum absolute atomic E-state index is 12.4. The van der Waals surface area contributed by atoms with Crippen molar-refractivity contribution in [2.45, 2.75) is 33.1 Å². The number of nitrogens with one attached hydrogen (secondary N) is 2. The highest BCUT2D eigenvalue weighted by molar-refractivity contribution is 5.95. The van der Waals surface area contributed by atoms with Gasteiger partial charge in [0.25, 0.3) is 0 Å². The summed E-state index contributed by atoms with van der Waals surface area (Å²) in [5.74, 6) is 0.906. The van der Waals surface area contributed by atoms with Gasteiger partial charge in [-0.25, -0.2) is 4.79 Å². The number of urea groups is 1. The lowest BCUT2D eigenvalue weighted by Crippen LogP contribution is -2.46. The predicted octanol–water partition coefficient (Wildman–Crippen LogP) is 4.88. The zero-order chi connectivity index (χ0) is 24.6. The van der Waals surface area contributed by atoms with Gasteiger partial charge in [-0.3, -0.25) is 9.80 Å². The lowest BCUT2D eigenvalue weighted by molar-refractivity contribution is 0.247. The lowest BCUT2D eigenvalue weighted by atomic mass is 10.1. The van der Waals surface area contributed by atoms with Gasteiger partial charge in [-0.1, -0.05) is 0 Å². The molecule has 2 N–H and O–H groups in total. The van der Waals surface area contributed by atoms with Crippen LogP contribution in [0.1, 0.15) is 32.3 Å².